The SMILES string of the molecule is CCOCCCNC(=O)C(=O)Nc1c(C)cccc1CC. The third kappa shape index (κ3) is 5.55. The lowest BCUT2D eigenvalue weighted by Gasteiger charge is -2.12. The number of hydrogen-bond donors (Lipinski definition) is 2. The van der Waals surface area contributed by atoms with Gasteiger partial charge in [-0.2, -0.15) is 0 Å². The zero-order valence-electron chi connectivity index (χ0n) is 13.0. The number of nitrogens with one attached hydrogen (secondary N) is 2. The second kappa shape index (κ2) is 9.13. The molecule has 0 heterocycles. The van der Waals surface area contributed by atoms with Gasteiger partial charge in [0, 0.05) is 25.4 Å². The minimum Gasteiger partial charge on any atom is -0.382 e. The van der Waals surface area contributed by atoms with E-state index in [2.05, 4.69) is 10.6 Å². The Labute approximate surface area is 126 Å². The highest BCUT2D eigenvalue weighted by Crippen LogP contribution is 2.20. The molecule has 1 rings (SSSR count). The van der Waals surface area contributed by atoms with Gasteiger partial charge in [-0.05, 0) is 37.8 Å². The van der Waals surface area contributed by atoms with Crippen molar-refractivity contribution < 1.29 is 14.3 Å². The lowest BCUT2D eigenvalue weighted by Crippen LogP contribution is -2.36. The average Bonchev–Trinajstić information content (AvgIpc) is 2.48. The first-order valence-corrected chi connectivity index (χ1v) is 7.35. The molecule has 2 N–H and O–H groups in total. The molecule has 5 nitrogen and oxygen atoms in total. The second-order valence-corrected chi connectivity index (χ2v) is 4.72. The summed E-state index contributed by atoms with van der Waals surface area (Å²) >= 11 is 0. The lowest BCUT2D eigenvalue weighted by molar-refractivity contribution is -0.136. The second-order valence-electron chi connectivity index (χ2n) is 4.72. The Morgan fingerprint density at radius 2 is 1.95 bits per heavy atom. The van der Waals surface area contributed by atoms with Crippen molar-refractivity contribution in [3.63, 3.8) is 0 Å². The van der Waals surface area contributed by atoms with Gasteiger partial charge in [0.25, 0.3) is 0 Å². The topological polar surface area (TPSA) is 67.4 Å². The normalized spacial score (nSPS) is 10.2. The van der Waals surface area contributed by atoms with Gasteiger partial charge in [0.1, 0.15) is 0 Å². The van der Waals surface area contributed by atoms with Crippen molar-refractivity contribution in [1.82, 2.24) is 5.32 Å². The molecule has 1 aromatic rings. The molecule has 116 valence electrons. The number of hydrogen-bond acceptors (Lipinski definition) is 3. The number of aryl methyl sites for hydroxylation is 2. The highest BCUT2D eigenvalue weighted by Gasteiger charge is 2.15. The van der Waals surface area contributed by atoms with Crippen LogP contribution in [0.4, 0.5) is 5.69 Å². The summed E-state index contributed by atoms with van der Waals surface area (Å²) in [6.07, 6.45) is 1.49. The van der Waals surface area contributed by atoms with Crippen molar-refractivity contribution in [3.8, 4) is 0 Å². The molecule has 1 aromatic carbocycles. The first-order chi connectivity index (χ1) is 10.1. The Morgan fingerprint density at radius 3 is 2.62 bits per heavy atom. The molecule has 2 amide bonds. The van der Waals surface area contributed by atoms with E-state index in [1.165, 1.54) is 0 Å². The van der Waals surface area contributed by atoms with Crippen molar-refractivity contribution in [2.75, 3.05) is 25.1 Å². The fourth-order valence-electron chi connectivity index (χ4n) is 1.97. The van der Waals surface area contributed by atoms with E-state index in [1.54, 1.807) is 0 Å². The molecular weight excluding hydrogens is 268 g/mol. The molecule has 5 heteroatoms. The summed E-state index contributed by atoms with van der Waals surface area (Å²) in [7, 11) is 0. The van der Waals surface area contributed by atoms with Gasteiger partial charge < -0.3 is 15.4 Å². The molecule has 0 aliphatic rings. The third-order valence-corrected chi connectivity index (χ3v) is 3.14. The smallest absolute Gasteiger partial charge is 0.313 e. The zero-order valence-corrected chi connectivity index (χ0v) is 13.0. The lowest BCUT2D eigenvalue weighted by atomic mass is 10.1. The van der Waals surface area contributed by atoms with Crippen LogP contribution in [-0.2, 0) is 20.7 Å². The van der Waals surface area contributed by atoms with Crippen LogP contribution in [0, 0.1) is 6.92 Å². The Kier molecular flexibility index (Phi) is 7.46. The molecule has 0 saturated carbocycles. The minimum atomic E-state index is -0.629. The minimum absolute atomic E-state index is 0.431. The van der Waals surface area contributed by atoms with Crippen LogP contribution in [0.3, 0.4) is 0 Å². The van der Waals surface area contributed by atoms with Crippen molar-refractivity contribution in [2.45, 2.75) is 33.6 Å². The first-order valence-electron chi connectivity index (χ1n) is 7.35. The first kappa shape index (κ1) is 17.2. The summed E-state index contributed by atoms with van der Waals surface area (Å²) in [4.78, 5) is 23.6. The van der Waals surface area contributed by atoms with E-state index in [0.29, 0.717) is 26.2 Å². The third-order valence-electron chi connectivity index (χ3n) is 3.14. The number of carbonyl (C=O) groups is 2. The van der Waals surface area contributed by atoms with Gasteiger partial charge in [-0.3, -0.25) is 9.59 Å². The van der Waals surface area contributed by atoms with Crippen molar-refractivity contribution >= 4 is 17.5 Å². The quantitative estimate of drug-likeness (QED) is 0.597. The maximum absolute atomic E-state index is 11.9. The molecule has 0 aliphatic heterocycles. The van der Waals surface area contributed by atoms with Gasteiger partial charge >= 0.3 is 11.8 Å². The molecule has 21 heavy (non-hydrogen) atoms. The zero-order chi connectivity index (χ0) is 15.7. The fourth-order valence-corrected chi connectivity index (χ4v) is 1.97. The van der Waals surface area contributed by atoms with Crippen LogP contribution >= 0.6 is 0 Å². The molecule has 0 radical (unpaired) electrons. The standard InChI is InChI=1S/C16H24N2O3/c1-4-13-9-6-8-12(3)14(13)18-16(20)15(19)17-10-7-11-21-5-2/h6,8-9H,4-5,7,10-11H2,1-3H3,(H,17,19)(H,18,20). The summed E-state index contributed by atoms with van der Waals surface area (Å²) < 4.78 is 5.17. The summed E-state index contributed by atoms with van der Waals surface area (Å²) in [5.74, 6) is -1.24. The van der Waals surface area contributed by atoms with E-state index in [4.69, 9.17) is 4.74 Å². The molecular formula is C16H24N2O3. The van der Waals surface area contributed by atoms with E-state index in [-0.39, 0.29) is 0 Å². The number of carbonyl (C=O) groups excluding carboxylic acids is 2. The monoisotopic (exact) mass is 292 g/mol. The van der Waals surface area contributed by atoms with Crippen LogP contribution in [0.2, 0.25) is 0 Å². The summed E-state index contributed by atoms with van der Waals surface area (Å²) in [6, 6.07) is 5.80. The molecule has 0 fully saturated rings. The summed E-state index contributed by atoms with van der Waals surface area (Å²) in [5.41, 5.74) is 2.70. The molecule has 0 spiro atoms. The van der Waals surface area contributed by atoms with Gasteiger partial charge in [-0.15, -0.1) is 0 Å². The number of para-hydroxylation sites is 1. The van der Waals surface area contributed by atoms with E-state index in [0.717, 1.165) is 23.2 Å². The number of ether oxygens (including phenoxy) is 1. The number of anilines is 1. The maximum atomic E-state index is 11.9. The maximum Gasteiger partial charge on any atom is 0.313 e. The van der Waals surface area contributed by atoms with E-state index >= 15 is 0 Å². The largest absolute Gasteiger partial charge is 0.382 e. The molecule has 0 atom stereocenters. The Hall–Kier alpha value is -1.88. The van der Waals surface area contributed by atoms with E-state index in [9.17, 15) is 9.59 Å². The predicted molar refractivity (Wildman–Crippen MR) is 83.3 cm³/mol. The van der Waals surface area contributed by atoms with Crippen LogP contribution in [0.1, 0.15) is 31.4 Å². The van der Waals surface area contributed by atoms with E-state index in [1.807, 2.05) is 39.0 Å². The van der Waals surface area contributed by atoms with Gasteiger partial charge in [0.05, 0.1) is 0 Å². The van der Waals surface area contributed by atoms with Gasteiger partial charge in [0.15, 0.2) is 0 Å². The molecule has 0 aromatic heterocycles. The predicted octanol–water partition coefficient (Wildman–Crippen LogP) is 2.04. The van der Waals surface area contributed by atoms with Crippen LogP contribution in [-0.4, -0.2) is 31.6 Å². The van der Waals surface area contributed by atoms with Crippen LogP contribution in [0.5, 0.6) is 0 Å². The Morgan fingerprint density at radius 1 is 1.19 bits per heavy atom. The highest BCUT2D eigenvalue weighted by atomic mass is 16.5. The fraction of sp³-hybridized carbons (Fsp3) is 0.500. The van der Waals surface area contributed by atoms with Gasteiger partial charge in [-0.25, -0.2) is 0 Å². The van der Waals surface area contributed by atoms with Gasteiger partial charge in [-0.1, -0.05) is 25.1 Å². The van der Waals surface area contributed by atoms with Crippen LogP contribution in [0.15, 0.2) is 18.2 Å². The highest BCUT2D eigenvalue weighted by molar-refractivity contribution is 6.39. The van der Waals surface area contributed by atoms with Gasteiger partial charge in [0.2, 0.25) is 0 Å². The van der Waals surface area contributed by atoms with Crippen molar-refractivity contribution in [1.29, 1.82) is 0 Å². The molecule has 0 bridgehead atoms. The Balaban J connectivity index is 2.51. The average molecular weight is 292 g/mol. The number of amides is 2. The summed E-state index contributed by atoms with van der Waals surface area (Å²) in [6.45, 7) is 7.50. The number of rotatable bonds is 7. The van der Waals surface area contributed by atoms with Crippen LogP contribution in [0.25, 0.3) is 0 Å². The molecule has 0 saturated heterocycles. The number of benzene rings is 1. The van der Waals surface area contributed by atoms with Crippen molar-refractivity contribution in [2.24, 2.45) is 0 Å². The van der Waals surface area contributed by atoms with Crippen LogP contribution < -0.4 is 10.6 Å². The summed E-state index contributed by atoms with van der Waals surface area (Å²) in [5, 5.41) is 5.29. The van der Waals surface area contributed by atoms with Crippen molar-refractivity contribution in [3.05, 3.63) is 29.3 Å². The molecule has 0 aliphatic carbocycles. The van der Waals surface area contributed by atoms with E-state index < -0.39 is 11.8 Å². The molecule has 0 unspecified atom stereocenters. The Bertz CT molecular complexity index is 486.